The van der Waals surface area contributed by atoms with Crippen LogP contribution in [0.4, 0.5) is 4.39 Å². The van der Waals surface area contributed by atoms with E-state index in [2.05, 4.69) is 30.3 Å². The second kappa shape index (κ2) is 13.9. The van der Waals surface area contributed by atoms with E-state index < -0.39 is 24.6 Å². The van der Waals surface area contributed by atoms with Crippen LogP contribution in [0.5, 0.6) is 0 Å². The smallest absolute Gasteiger partial charge is 0.305 e. The molecule has 3 atom stereocenters. The van der Waals surface area contributed by atoms with Crippen molar-refractivity contribution in [1.82, 2.24) is 4.98 Å². The average Bonchev–Trinajstić information content (AvgIpc) is 3.85. The van der Waals surface area contributed by atoms with Gasteiger partial charge in [0, 0.05) is 34.9 Å². The molecule has 1 aliphatic rings. The first-order chi connectivity index (χ1) is 21.2. The normalized spacial score (nSPS) is 15.1. The maximum absolute atomic E-state index is 13.6. The molecule has 0 amide bonds. The summed E-state index contributed by atoms with van der Waals surface area (Å²) in [5.74, 6) is -1.10. The average molecular weight is 593 g/mol. The standard InChI is InChI=1S/C25H24FNO4.C12H13N/c26-17-9-7-15(8-10-17)24-20-3-1-2-4-22(20)27-25(16-5-6-16)21(24)12-11-18(28)13-19(29)14-23(30)31;1-9(13)11-8-4-6-10-5-2-3-7-12(10)11/h1-4,7-12,16,18-19,28-29H,5-6,13-14H2,(H,30,31);2-9H,13H2,1H3/b12-11+;/t18-,19-;9-/m11/s1. The maximum Gasteiger partial charge on any atom is 0.305 e. The number of halogens is 1. The summed E-state index contributed by atoms with van der Waals surface area (Å²) >= 11 is 0. The van der Waals surface area contributed by atoms with Gasteiger partial charge in [-0.05, 0) is 59.9 Å². The lowest BCUT2D eigenvalue weighted by Gasteiger charge is -2.16. The molecule has 1 heterocycles. The molecule has 44 heavy (non-hydrogen) atoms. The number of pyridine rings is 1. The van der Waals surface area contributed by atoms with Crippen molar-refractivity contribution < 1.29 is 24.5 Å². The quantitative estimate of drug-likeness (QED) is 0.142. The highest BCUT2D eigenvalue weighted by molar-refractivity contribution is 5.99. The maximum atomic E-state index is 13.6. The summed E-state index contributed by atoms with van der Waals surface area (Å²) < 4.78 is 13.6. The molecular formula is C37H37FN2O4. The lowest BCUT2D eigenvalue weighted by atomic mass is 9.92. The number of nitrogens with zero attached hydrogens (tertiary/aromatic N) is 1. The van der Waals surface area contributed by atoms with Crippen LogP contribution in [-0.2, 0) is 4.79 Å². The number of para-hydroxylation sites is 1. The van der Waals surface area contributed by atoms with Crippen LogP contribution in [0.15, 0.2) is 97.1 Å². The Balaban J connectivity index is 0.000000245. The van der Waals surface area contributed by atoms with E-state index in [-0.39, 0.29) is 18.3 Å². The number of rotatable bonds is 9. The minimum Gasteiger partial charge on any atom is -0.481 e. The molecule has 0 radical (unpaired) electrons. The molecule has 1 aromatic heterocycles. The van der Waals surface area contributed by atoms with Gasteiger partial charge in [-0.25, -0.2) is 4.39 Å². The molecular weight excluding hydrogens is 555 g/mol. The van der Waals surface area contributed by atoms with Gasteiger partial charge >= 0.3 is 5.97 Å². The van der Waals surface area contributed by atoms with Crippen LogP contribution in [0.1, 0.15) is 61.4 Å². The van der Waals surface area contributed by atoms with Crippen molar-refractivity contribution in [3.63, 3.8) is 0 Å². The number of aliphatic hydroxyl groups is 2. The molecule has 0 spiro atoms. The summed E-state index contributed by atoms with van der Waals surface area (Å²) in [6.07, 6.45) is 2.80. The number of hydrogen-bond acceptors (Lipinski definition) is 5. The Labute approximate surface area is 256 Å². The third-order valence-electron chi connectivity index (χ3n) is 7.78. The van der Waals surface area contributed by atoms with Gasteiger partial charge in [-0.1, -0.05) is 84.9 Å². The topological polar surface area (TPSA) is 117 Å². The second-order valence-electron chi connectivity index (χ2n) is 11.4. The molecule has 7 heteroatoms. The van der Waals surface area contributed by atoms with E-state index in [0.717, 1.165) is 46.1 Å². The van der Waals surface area contributed by atoms with Crippen molar-refractivity contribution in [2.24, 2.45) is 5.73 Å². The van der Waals surface area contributed by atoms with E-state index >= 15 is 0 Å². The van der Waals surface area contributed by atoms with E-state index in [0.29, 0.717) is 5.92 Å². The highest BCUT2D eigenvalue weighted by atomic mass is 19.1. The van der Waals surface area contributed by atoms with Crippen molar-refractivity contribution in [3.8, 4) is 11.1 Å². The lowest BCUT2D eigenvalue weighted by Crippen LogP contribution is -2.19. The molecule has 226 valence electrons. The van der Waals surface area contributed by atoms with Gasteiger partial charge in [-0.15, -0.1) is 0 Å². The van der Waals surface area contributed by atoms with Gasteiger partial charge in [0.15, 0.2) is 0 Å². The zero-order valence-corrected chi connectivity index (χ0v) is 24.6. The molecule has 0 bridgehead atoms. The Kier molecular flexibility index (Phi) is 9.80. The molecule has 0 saturated heterocycles. The van der Waals surface area contributed by atoms with Gasteiger partial charge in [0.05, 0.1) is 29.8 Å². The van der Waals surface area contributed by atoms with Crippen molar-refractivity contribution in [3.05, 3.63) is 120 Å². The number of carboxylic acid groups (broad SMARTS) is 1. The fourth-order valence-corrected chi connectivity index (χ4v) is 5.51. The summed E-state index contributed by atoms with van der Waals surface area (Å²) in [6.45, 7) is 2.02. The third-order valence-corrected chi connectivity index (χ3v) is 7.78. The first kappa shape index (κ1) is 31.0. The number of nitrogens with two attached hydrogens (primary N) is 1. The lowest BCUT2D eigenvalue weighted by molar-refractivity contribution is -0.139. The van der Waals surface area contributed by atoms with Gasteiger partial charge in [-0.2, -0.15) is 0 Å². The third kappa shape index (κ3) is 7.55. The number of fused-ring (bicyclic) bond motifs is 2. The predicted molar refractivity (Wildman–Crippen MR) is 174 cm³/mol. The van der Waals surface area contributed by atoms with E-state index in [4.69, 9.17) is 15.8 Å². The van der Waals surface area contributed by atoms with Crippen LogP contribution in [0.25, 0.3) is 38.9 Å². The second-order valence-corrected chi connectivity index (χ2v) is 11.4. The number of carboxylic acids is 1. The highest BCUT2D eigenvalue weighted by Crippen LogP contribution is 2.45. The number of aromatic nitrogens is 1. The number of aliphatic hydroxyl groups excluding tert-OH is 2. The first-order valence-electron chi connectivity index (χ1n) is 14.9. The van der Waals surface area contributed by atoms with Crippen LogP contribution < -0.4 is 5.73 Å². The number of aliphatic carboxylic acids is 1. The molecule has 6 nitrogen and oxygen atoms in total. The zero-order chi connectivity index (χ0) is 31.2. The molecule has 1 saturated carbocycles. The van der Waals surface area contributed by atoms with Gasteiger partial charge < -0.3 is 21.1 Å². The summed E-state index contributed by atoms with van der Waals surface area (Å²) in [5.41, 5.74) is 11.5. The Hall–Kier alpha value is -4.43. The van der Waals surface area contributed by atoms with E-state index in [1.165, 1.54) is 28.5 Å². The molecule has 4 aromatic carbocycles. The van der Waals surface area contributed by atoms with Crippen molar-refractivity contribution in [2.75, 3.05) is 0 Å². The fraction of sp³-hybridized carbons (Fsp3) is 0.243. The molecule has 1 fully saturated rings. The minimum atomic E-state index is -1.13. The Morgan fingerprint density at radius 1 is 0.955 bits per heavy atom. The summed E-state index contributed by atoms with van der Waals surface area (Å²) in [4.78, 5) is 15.6. The minimum absolute atomic E-state index is 0.0749. The van der Waals surface area contributed by atoms with E-state index in [1.807, 2.05) is 43.3 Å². The summed E-state index contributed by atoms with van der Waals surface area (Å²) in [7, 11) is 0. The predicted octanol–water partition coefficient (Wildman–Crippen LogP) is 7.38. The van der Waals surface area contributed by atoms with Crippen LogP contribution in [0.3, 0.4) is 0 Å². The van der Waals surface area contributed by atoms with Crippen molar-refractivity contribution in [2.45, 2.75) is 56.8 Å². The van der Waals surface area contributed by atoms with Gasteiger partial charge in [0.25, 0.3) is 0 Å². The van der Waals surface area contributed by atoms with Crippen LogP contribution in [-0.4, -0.2) is 38.5 Å². The zero-order valence-electron chi connectivity index (χ0n) is 24.6. The number of benzene rings is 4. The number of hydrogen-bond donors (Lipinski definition) is 4. The molecule has 5 N–H and O–H groups in total. The first-order valence-corrected chi connectivity index (χ1v) is 14.9. The molecule has 5 aromatic rings. The van der Waals surface area contributed by atoms with Crippen LogP contribution in [0.2, 0.25) is 0 Å². The number of carbonyl (C=O) groups is 1. The monoisotopic (exact) mass is 592 g/mol. The Morgan fingerprint density at radius 3 is 2.30 bits per heavy atom. The highest BCUT2D eigenvalue weighted by Gasteiger charge is 2.29. The fourth-order valence-electron chi connectivity index (χ4n) is 5.51. The van der Waals surface area contributed by atoms with Crippen molar-refractivity contribution in [1.29, 1.82) is 0 Å². The SMILES string of the molecule is C[C@@H](N)c1cccc2ccccc12.O=C(O)C[C@H](O)C[C@H](O)/C=C/c1c(C2CC2)nc2ccccc2c1-c1ccc(F)cc1. The van der Waals surface area contributed by atoms with E-state index in [1.54, 1.807) is 24.3 Å². The van der Waals surface area contributed by atoms with Gasteiger partial charge in [0.2, 0.25) is 0 Å². The Morgan fingerprint density at radius 2 is 1.61 bits per heavy atom. The molecule has 6 rings (SSSR count). The Bertz CT molecular complexity index is 1780. The van der Waals surface area contributed by atoms with E-state index in [9.17, 15) is 19.4 Å². The van der Waals surface area contributed by atoms with Gasteiger partial charge in [0.1, 0.15) is 5.82 Å². The summed E-state index contributed by atoms with van der Waals surface area (Å²) in [6, 6.07) is 28.8. The van der Waals surface area contributed by atoms with Crippen LogP contribution >= 0.6 is 0 Å². The molecule has 0 aliphatic heterocycles. The van der Waals surface area contributed by atoms with Gasteiger partial charge in [-0.3, -0.25) is 9.78 Å². The summed E-state index contributed by atoms with van der Waals surface area (Å²) in [5, 5.41) is 32.4. The van der Waals surface area contributed by atoms with Crippen LogP contribution in [0, 0.1) is 5.82 Å². The molecule has 0 unspecified atom stereocenters. The molecule has 1 aliphatic carbocycles. The largest absolute Gasteiger partial charge is 0.481 e. The van der Waals surface area contributed by atoms with Crippen molar-refractivity contribution >= 4 is 33.7 Å².